The monoisotopic (exact) mass is 501 g/mol. The molecule has 0 atom stereocenters. The molecule has 0 saturated carbocycles. The van der Waals surface area contributed by atoms with Crippen molar-refractivity contribution in [2.24, 2.45) is 10.7 Å². The predicted molar refractivity (Wildman–Crippen MR) is 142 cm³/mol. The number of guanidine groups is 1. The smallest absolute Gasteiger partial charge is 0.208 e. The van der Waals surface area contributed by atoms with Crippen LogP contribution in [0.15, 0.2) is 72.9 Å². The van der Waals surface area contributed by atoms with Crippen molar-refractivity contribution in [2.75, 3.05) is 18.1 Å². The van der Waals surface area contributed by atoms with E-state index in [4.69, 9.17) is 5.73 Å². The first-order valence-electron chi connectivity index (χ1n) is 11.0. The van der Waals surface area contributed by atoms with Gasteiger partial charge in [0.2, 0.25) is 9.84 Å². The zero-order valence-electron chi connectivity index (χ0n) is 19.3. The summed E-state index contributed by atoms with van der Waals surface area (Å²) in [5, 5.41) is 4.97. The highest BCUT2D eigenvalue weighted by atomic mass is 32.2. The van der Waals surface area contributed by atoms with E-state index in [1.807, 2.05) is 42.8 Å². The Kier molecular flexibility index (Phi) is 9.00. The van der Waals surface area contributed by atoms with Gasteiger partial charge in [0.25, 0.3) is 0 Å². The molecule has 1 aromatic heterocycles. The average molecular weight is 502 g/mol. The molecule has 0 aliphatic heterocycles. The lowest BCUT2D eigenvalue weighted by molar-refractivity contribution is 0.595. The number of anilines is 1. The predicted octanol–water partition coefficient (Wildman–Crippen LogP) is 6.59. The van der Waals surface area contributed by atoms with E-state index in [0.717, 1.165) is 39.6 Å². The molecule has 3 N–H and O–H groups in total. The maximum atomic E-state index is 13.2. The van der Waals surface area contributed by atoms with Gasteiger partial charge in [-0.05, 0) is 72.0 Å². The molecule has 3 aromatic rings. The number of nitrogens with zero attached hydrogens (tertiary/aromatic N) is 1. The van der Waals surface area contributed by atoms with Crippen LogP contribution >= 0.6 is 23.1 Å². The molecule has 8 heteroatoms. The third-order valence-corrected chi connectivity index (χ3v) is 9.46. The van der Waals surface area contributed by atoms with Crippen molar-refractivity contribution >= 4 is 44.6 Å². The molecule has 0 radical (unpaired) electrons. The number of thioether (sulfide) groups is 1. The largest absolute Gasteiger partial charge is 0.370 e. The third kappa shape index (κ3) is 6.40. The fraction of sp³-hybridized carbons (Fsp3) is 0.320. The quantitative estimate of drug-likeness (QED) is 0.142. The molecule has 0 aliphatic carbocycles. The van der Waals surface area contributed by atoms with Crippen LogP contribution in [-0.2, 0) is 9.84 Å². The van der Waals surface area contributed by atoms with Crippen molar-refractivity contribution in [1.29, 1.82) is 0 Å². The van der Waals surface area contributed by atoms with Gasteiger partial charge in [-0.3, -0.25) is 4.99 Å². The van der Waals surface area contributed by atoms with Crippen molar-refractivity contribution in [1.82, 2.24) is 0 Å². The van der Waals surface area contributed by atoms with Crippen LogP contribution < -0.4 is 11.1 Å². The molecule has 1 heterocycles. The average Bonchev–Trinajstić information content (AvgIpc) is 3.29. The van der Waals surface area contributed by atoms with E-state index < -0.39 is 9.84 Å². The van der Waals surface area contributed by atoms with Crippen molar-refractivity contribution in [3.8, 4) is 11.1 Å². The number of sulfone groups is 1. The molecule has 0 aliphatic rings. The number of rotatable bonds is 10. The van der Waals surface area contributed by atoms with Gasteiger partial charge in [0, 0.05) is 12.2 Å². The number of nitrogens with one attached hydrogen (secondary N) is 1. The summed E-state index contributed by atoms with van der Waals surface area (Å²) >= 11 is 2.90. The van der Waals surface area contributed by atoms with Gasteiger partial charge in [0.1, 0.15) is 0 Å². The number of hydrogen-bond donors (Lipinski definition) is 2. The van der Waals surface area contributed by atoms with Gasteiger partial charge in [0.05, 0.1) is 14.0 Å². The van der Waals surface area contributed by atoms with Gasteiger partial charge in [0.15, 0.2) is 5.96 Å². The number of unbranched alkanes of at least 4 members (excludes halogenated alkanes) is 3. The number of thiophene rings is 1. The Balaban J connectivity index is 1.79. The lowest BCUT2D eigenvalue weighted by Crippen LogP contribution is -2.22. The SMILES string of the molecule is CCCCCCN=C(N)Nc1ccc(-c2cccc(S(=O)(=O)c3ccsc3SC)c2)c(C)c1. The number of hydrogen-bond acceptors (Lipinski definition) is 5. The van der Waals surface area contributed by atoms with E-state index in [9.17, 15) is 8.42 Å². The molecular weight excluding hydrogens is 470 g/mol. The second-order valence-electron chi connectivity index (χ2n) is 7.79. The molecule has 33 heavy (non-hydrogen) atoms. The number of aryl methyl sites for hydroxylation is 1. The Morgan fingerprint density at radius 2 is 1.94 bits per heavy atom. The van der Waals surface area contributed by atoms with Crippen LogP contribution in [-0.4, -0.2) is 27.2 Å². The topological polar surface area (TPSA) is 84.5 Å². The summed E-state index contributed by atoms with van der Waals surface area (Å²) in [6.45, 7) is 4.91. The molecule has 3 rings (SSSR count). The molecule has 0 amide bonds. The Morgan fingerprint density at radius 1 is 1.12 bits per heavy atom. The molecule has 0 unspecified atom stereocenters. The Bertz CT molecular complexity index is 1220. The molecule has 176 valence electrons. The lowest BCUT2D eigenvalue weighted by atomic mass is 10.00. The molecule has 0 bridgehead atoms. The van der Waals surface area contributed by atoms with Crippen LogP contribution in [0.5, 0.6) is 0 Å². The van der Waals surface area contributed by atoms with Gasteiger partial charge < -0.3 is 11.1 Å². The van der Waals surface area contributed by atoms with Crippen molar-refractivity contribution in [2.45, 2.75) is 53.5 Å². The first kappa shape index (κ1) is 25.3. The minimum absolute atomic E-state index is 0.301. The standard InChI is InChI=1S/C25H31N3O2S3/c1-4-5-6-7-14-27-25(26)28-20-11-12-22(18(2)16-20)19-9-8-10-21(17-19)33(29,30)23-13-15-32-24(23)31-3/h8-13,15-17H,4-7,14H2,1-3H3,(H3,26,27,28). The summed E-state index contributed by atoms with van der Waals surface area (Å²) in [6, 6.07) is 14.7. The third-order valence-electron chi connectivity index (χ3n) is 5.32. The highest BCUT2D eigenvalue weighted by molar-refractivity contribution is 8.01. The fourth-order valence-electron chi connectivity index (χ4n) is 3.58. The summed E-state index contributed by atoms with van der Waals surface area (Å²) < 4.78 is 27.2. The highest BCUT2D eigenvalue weighted by Crippen LogP contribution is 2.35. The first-order valence-corrected chi connectivity index (χ1v) is 14.6. The minimum atomic E-state index is -3.58. The number of aliphatic imine (C=N–C) groups is 1. The Morgan fingerprint density at radius 3 is 2.67 bits per heavy atom. The summed E-state index contributed by atoms with van der Waals surface area (Å²) in [5.74, 6) is 0.409. The maximum absolute atomic E-state index is 13.2. The van der Waals surface area contributed by atoms with Crippen LogP contribution in [0, 0.1) is 6.92 Å². The van der Waals surface area contributed by atoms with E-state index in [0.29, 0.717) is 15.8 Å². The van der Waals surface area contributed by atoms with Crippen LogP contribution in [0.1, 0.15) is 38.2 Å². The molecule has 0 saturated heterocycles. The van der Waals surface area contributed by atoms with Gasteiger partial charge in [-0.25, -0.2) is 8.42 Å². The molecule has 5 nitrogen and oxygen atoms in total. The normalized spacial score (nSPS) is 12.2. The van der Waals surface area contributed by atoms with E-state index >= 15 is 0 Å². The van der Waals surface area contributed by atoms with E-state index in [1.54, 1.807) is 24.3 Å². The van der Waals surface area contributed by atoms with Crippen LogP contribution in [0.4, 0.5) is 5.69 Å². The number of nitrogens with two attached hydrogens (primary N) is 1. The zero-order valence-corrected chi connectivity index (χ0v) is 21.7. The lowest BCUT2D eigenvalue weighted by Gasteiger charge is -2.12. The summed E-state index contributed by atoms with van der Waals surface area (Å²) in [7, 11) is -3.58. The van der Waals surface area contributed by atoms with E-state index in [1.165, 1.54) is 42.4 Å². The Hall–Kier alpha value is -2.29. The van der Waals surface area contributed by atoms with E-state index in [2.05, 4.69) is 17.2 Å². The Labute approximate surface area is 205 Å². The van der Waals surface area contributed by atoms with Crippen LogP contribution in [0.2, 0.25) is 0 Å². The van der Waals surface area contributed by atoms with Crippen LogP contribution in [0.25, 0.3) is 11.1 Å². The van der Waals surface area contributed by atoms with Crippen molar-refractivity contribution in [3.63, 3.8) is 0 Å². The maximum Gasteiger partial charge on any atom is 0.208 e. The summed E-state index contributed by atoms with van der Waals surface area (Å²) in [6.07, 6.45) is 6.52. The van der Waals surface area contributed by atoms with Crippen molar-refractivity contribution < 1.29 is 8.42 Å². The molecule has 0 spiro atoms. The summed E-state index contributed by atoms with van der Waals surface area (Å²) in [5.41, 5.74) is 9.74. The second-order valence-corrected chi connectivity index (χ2v) is 11.7. The summed E-state index contributed by atoms with van der Waals surface area (Å²) in [4.78, 5) is 5.07. The van der Waals surface area contributed by atoms with Gasteiger partial charge in [-0.15, -0.1) is 23.1 Å². The zero-order chi connectivity index (χ0) is 23.8. The van der Waals surface area contributed by atoms with Crippen LogP contribution in [0.3, 0.4) is 0 Å². The van der Waals surface area contributed by atoms with E-state index in [-0.39, 0.29) is 0 Å². The second kappa shape index (κ2) is 11.7. The number of benzene rings is 2. The van der Waals surface area contributed by atoms with Crippen molar-refractivity contribution in [3.05, 3.63) is 59.5 Å². The van der Waals surface area contributed by atoms with Gasteiger partial charge >= 0.3 is 0 Å². The molecule has 0 fully saturated rings. The van der Waals surface area contributed by atoms with Gasteiger partial charge in [-0.2, -0.15) is 0 Å². The minimum Gasteiger partial charge on any atom is -0.370 e. The van der Waals surface area contributed by atoms with Gasteiger partial charge in [-0.1, -0.05) is 44.4 Å². The molecular formula is C25H31N3O2S3. The highest BCUT2D eigenvalue weighted by Gasteiger charge is 2.22. The first-order chi connectivity index (χ1) is 15.9. The fourth-order valence-corrected chi connectivity index (χ4v) is 7.31. The molecule has 2 aromatic carbocycles.